The first-order valence-corrected chi connectivity index (χ1v) is 18.4. The molecule has 8 rings (SSSR count). The van der Waals surface area contributed by atoms with E-state index in [9.17, 15) is 0 Å². The zero-order chi connectivity index (χ0) is 32.3. The standard InChI is InChI=1S/C46H41NS/c1-2-3-4-5-6-13-30-47-43-31-35(20-18-33-14-9-7-10-15-33)22-24-37(43)39-26-29-42-40(45(39)47)27-28-41-38-25-23-36(32-44(38)48-46(41)42)21-19-34-16-11-8-12-17-34/h7-12,14-29,31-32H,2-6,13,30H2,1H3/b20-18+,21-19+. The zero-order valence-corrected chi connectivity index (χ0v) is 28.5. The van der Waals surface area contributed by atoms with E-state index in [1.165, 1.54) is 114 Å². The molecule has 0 N–H and O–H groups in total. The number of nitrogens with zero attached hydrogens (tertiary/aromatic N) is 1. The van der Waals surface area contributed by atoms with E-state index >= 15 is 0 Å². The van der Waals surface area contributed by atoms with Gasteiger partial charge in [0, 0.05) is 53.8 Å². The SMILES string of the molecule is CCCCCCCCn1c2cc(/C=C/c3ccccc3)ccc2c2ccc3c(ccc4c5ccc(/C=C/c6ccccc6)cc5sc43)c21. The summed E-state index contributed by atoms with van der Waals surface area (Å²) in [5.74, 6) is 0. The van der Waals surface area contributed by atoms with Crippen LogP contribution in [0.4, 0.5) is 0 Å². The number of hydrogen-bond donors (Lipinski definition) is 0. The molecule has 236 valence electrons. The lowest BCUT2D eigenvalue weighted by molar-refractivity contribution is 0.571. The van der Waals surface area contributed by atoms with Crippen LogP contribution >= 0.6 is 11.3 Å². The normalized spacial score (nSPS) is 12.3. The van der Waals surface area contributed by atoms with Gasteiger partial charge in [0.05, 0.1) is 5.52 Å². The molecule has 0 radical (unpaired) electrons. The maximum atomic E-state index is 2.64. The summed E-state index contributed by atoms with van der Waals surface area (Å²) < 4.78 is 5.37. The average Bonchev–Trinajstić information content (AvgIpc) is 3.67. The Kier molecular flexibility index (Phi) is 8.66. The quantitative estimate of drug-likeness (QED) is 0.0980. The van der Waals surface area contributed by atoms with Crippen molar-refractivity contribution in [3.8, 4) is 0 Å². The fourth-order valence-corrected chi connectivity index (χ4v) is 8.55. The first-order valence-electron chi connectivity index (χ1n) is 17.6. The van der Waals surface area contributed by atoms with Crippen LogP contribution in [0.15, 0.2) is 121 Å². The van der Waals surface area contributed by atoms with Crippen molar-refractivity contribution >= 4 is 88.4 Å². The molecule has 6 aromatic carbocycles. The zero-order valence-electron chi connectivity index (χ0n) is 27.7. The highest BCUT2D eigenvalue weighted by atomic mass is 32.1. The average molecular weight is 640 g/mol. The molecular formula is C46H41NS. The van der Waals surface area contributed by atoms with Gasteiger partial charge in [-0.2, -0.15) is 0 Å². The number of hydrogen-bond acceptors (Lipinski definition) is 1. The lowest BCUT2D eigenvalue weighted by Gasteiger charge is -2.11. The van der Waals surface area contributed by atoms with Gasteiger partial charge in [-0.05, 0) is 40.8 Å². The van der Waals surface area contributed by atoms with Gasteiger partial charge in [0.1, 0.15) is 0 Å². The second-order valence-corrected chi connectivity index (χ2v) is 14.1. The Bertz CT molecular complexity index is 2420. The predicted octanol–water partition coefficient (Wildman–Crippen LogP) is 14.0. The number of rotatable bonds is 11. The molecule has 0 atom stereocenters. The molecule has 0 amide bonds. The van der Waals surface area contributed by atoms with E-state index in [1.807, 2.05) is 11.3 Å². The Labute approximate surface area is 287 Å². The van der Waals surface area contributed by atoms with Crippen molar-refractivity contribution in [2.45, 2.75) is 52.0 Å². The van der Waals surface area contributed by atoms with Crippen LogP contribution in [0.3, 0.4) is 0 Å². The summed E-state index contributed by atoms with van der Waals surface area (Å²) in [4.78, 5) is 0. The lowest BCUT2D eigenvalue weighted by atomic mass is 10.0. The minimum atomic E-state index is 1.04. The number of thiophene rings is 1. The molecule has 2 heterocycles. The van der Waals surface area contributed by atoms with E-state index in [1.54, 1.807) is 0 Å². The molecule has 0 fully saturated rings. The van der Waals surface area contributed by atoms with E-state index in [0.717, 1.165) is 6.54 Å². The summed E-state index contributed by atoms with van der Waals surface area (Å²) in [6.45, 7) is 3.33. The van der Waals surface area contributed by atoms with Crippen molar-refractivity contribution in [2.75, 3.05) is 0 Å². The largest absolute Gasteiger partial charge is 0.340 e. The molecule has 0 saturated carbocycles. The lowest BCUT2D eigenvalue weighted by Crippen LogP contribution is -1.98. The van der Waals surface area contributed by atoms with Crippen LogP contribution in [0.25, 0.3) is 77.1 Å². The van der Waals surface area contributed by atoms with Gasteiger partial charge in [-0.1, -0.05) is 173 Å². The Balaban J connectivity index is 1.23. The van der Waals surface area contributed by atoms with Crippen LogP contribution in [0.2, 0.25) is 0 Å². The molecule has 48 heavy (non-hydrogen) atoms. The Morgan fingerprint density at radius 1 is 0.479 bits per heavy atom. The third kappa shape index (κ3) is 5.98. The van der Waals surface area contributed by atoms with Crippen molar-refractivity contribution in [3.05, 3.63) is 144 Å². The highest BCUT2D eigenvalue weighted by Crippen LogP contribution is 2.43. The van der Waals surface area contributed by atoms with E-state index in [4.69, 9.17) is 0 Å². The maximum absolute atomic E-state index is 2.64. The monoisotopic (exact) mass is 639 g/mol. The fraction of sp³-hybridized carbons (Fsp3) is 0.174. The van der Waals surface area contributed by atoms with E-state index < -0.39 is 0 Å². The Hall–Kier alpha value is -4.92. The molecule has 0 unspecified atom stereocenters. The van der Waals surface area contributed by atoms with Gasteiger partial charge in [0.25, 0.3) is 0 Å². The van der Waals surface area contributed by atoms with Crippen LogP contribution in [0.1, 0.15) is 67.7 Å². The van der Waals surface area contributed by atoms with Crippen molar-refractivity contribution < 1.29 is 0 Å². The summed E-state index contributed by atoms with van der Waals surface area (Å²) in [6, 6.07) is 44.6. The Morgan fingerprint density at radius 2 is 1.00 bits per heavy atom. The van der Waals surface area contributed by atoms with Gasteiger partial charge in [0.15, 0.2) is 0 Å². The topological polar surface area (TPSA) is 4.93 Å². The fourth-order valence-electron chi connectivity index (χ4n) is 7.27. The van der Waals surface area contributed by atoms with Crippen molar-refractivity contribution in [2.24, 2.45) is 0 Å². The molecule has 0 aliphatic rings. The van der Waals surface area contributed by atoms with Crippen LogP contribution in [0, 0.1) is 0 Å². The maximum Gasteiger partial charge on any atom is 0.0571 e. The number of benzene rings is 6. The molecule has 0 aliphatic heterocycles. The number of fused-ring (bicyclic) bond motifs is 9. The number of aromatic nitrogens is 1. The van der Waals surface area contributed by atoms with Crippen LogP contribution in [0.5, 0.6) is 0 Å². The predicted molar refractivity (Wildman–Crippen MR) is 214 cm³/mol. The van der Waals surface area contributed by atoms with Gasteiger partial charge in [-0.3, -0.25) is 0 Å². The van der Waals surface area contributed by atoms with Gasteiger partial charge < -0.3 is 4.57 Å². The molecule has 1 nitrogen and oxygen atoms in total. The molecule has 8 aromatic rings. The summed E-state index contributed by atoms with van der Waals surface area (Å²) in [6.07, 6.45) is 16.7. The third-order valence-electron chi connectivity index (χ3n) is 9.77. The van der Waals surface area contributed by atoms with Crippen LogP contribution in [-0.4, -0.2) is 4.57 Å². The molecule has 0 saturated heterocycles. The van der Waals surface area contributed by atoms with Gasteiger partial charge in [-0.15, -0.1) is 11.3 Å². The molecule has 0 spiro atoms. The van der Waals surface area contributed by atoms with Crippen molar-refractivity contribution in [1.29, 1.82) is 0 Å². The van der Waals surface area contributed by atoms with Crippen LogP contribution in [-0.2, 0) is 6.54 Å². The highest BCUT2D eigenvalue weighted by molar-refractivity contribution is 7.26. The van der Waals surface area contributed by atoms with E-state index in [-0.39, 0.29) is 0 Å². The van der Waals surface area contributed by atoms with Crippen molar-refractivity contribution in [3.63, 3.8) is 0 Å². The van der Waals surface area contributed by atoms with Gasteiger partial charge in [0.2, 0.25) is 0 Å². The van der Waals surface area contributed by atoms with Gasteiger partial charge in [-0.25, -0.2) is 0 Å². The second kappa shape index (κ2) is 13.7. The summed E-state index contributed by atoms with van der Waals surface area (Å²) in [5.41, 5.74) is 7.65. The number of aryl methyl sites for hydroxylation is 1. The van der Waals surface area contributed by atoms with Gasteiger partial charge >= 0.3 is 0 Å². The smallest absolute Gasteiger partial charge is 0.0571 e. The Morgan fingerprint density at radius 3 is 1.69 bits per heavy atom. The van der Waals surface area contributed by atoms with E-state index in [2.05, 4.69) is 157 Å². The summed E-state index contributed by atoms with van der Waals surface area (Å²) in [7, 11) is 0. The molecule has 2 heteroatoms. The first kappa shape index (κ1) is 30.4. The molecular weight excluding hydrogens is 599 g/mol. The van der Waals surface area contributed by atoms with E-state index in [0.29, 0.717) is 0 Å². The molecule has 2 aromatic heterocycles. The summed E-state index contributed by atoms with van der Waals surface area (Å²) in [5, 5.41) is 8.12. The molecule has 0 bridgehead atoms. The van der Waals surface area contributed by atoms with Crippen LogP contribution < -0.4 is 0 Å². The minimum Gasteiger partial charge on any atom is -0.340 e. The highest BCUT2D eigenvalue weighted by Gasteiger charge is 2.17. The minimum absolute atomic E-state index is 1.04. The third-order valence-corrected chi connectivity index (χ3v) is 11.0. The van der Waals surface area contributed by atoms with Crippen molar-refractivity contribution in [1.82, 2.24) is 4.57 Å². The number of unbranched alkanes of at least 4 members (excludes halogenated alkanes) is 5. The second-order valence-electron chi connectivity index (χ2n) is 13.0. The first-order chi connectivity index (χ1) is 23.8. The molecule has 0 aliphatic carbocycles. The summed E-state index contributed by atoms with van der Waals surface area (Å²) >= 11 is 1.93.